The Kier molecular flexibility index (Phi) is 9.79. The van der Waals surface area contributed by atoms with Gasteiger partial charge in [-0.25, -0.2) is 8.42 Å². The molecular formula is C17H33NO4S. The average Bonchev–Trinajstić information content (AvgIpc) is 2.86. The summed E-state index contributed by atoms with van der Waals surface area (Å²) in [6.07, 6.45) is 10.4. The van der Waals surface area contributed by atoms with Gasteiger partial charge in [0.15, 0.2) is 9.84 Å². The first-order valence-corrected chi connectivity index (χ1v) is 10.8. The van der Waals surface area contributed by atoms with Crippen LogP contribution in [0.25, 0.3) is 0 Å². The van der Waals surface area contributed by atoms with E-state index in [4.69, 9.17) is 4.74 Å². The minimum atomic E-state index is -2.91. The molecule has 23 heavy (non-hydrogen) atoms. The van der Waals surface area contributed by atoms with Gasteiger partial charge in [0.2, 0.25) is 0 Å². The molecule has 0 aromatic rings. The molecule has 0 saturated carbocycles. The molecule has 1 heterocycles. The topological polar surface area (TPSA) is 63.7 Å². The van der Waals surface area contributed by atoms with Crippen LogP contribution in [0.3, 0.4) is 0 Å². The van der Waals surface area contributed by atoms with Gasteiger partial charge in [0, 0.05) is 6.04 Å². The van der Waals surface area contributed by atoms with E-state index in [-0.39, 0.29) is 30.1 Å². The van der Waals surface area contributed by atoms with Crippen molar-refractivity contribution in [3.63, 3.8) is 0 Å². The lowest BCUT2D eigenvalue weighted by Crippen LogP contribution is -2.37. The van der Waals surface area contributed by atoms with E-state index in [9.17, 15) is 13.2 Å². The maximum atomic E-state index is 11.8. The van der Waals surface area contributed by atoms with Crippen LogP contribution in [0, 0.1) is 0 Å². The van der Waals surface area contributed by atoms with E-state index < -0.39 is 9.84 Å². The Hall–Kier alpha value is -0.620. The molecule has 6 heteroatoms. The van der Waals surface area contributed by atoms with Crippen molar-refractivity contribution in [2.75, 3.05) is 31.7 Å². The third kappa shape index (κ3) is 9.30. The molecule has 5 nitrogen and oxygen atoms in total. The second-order valence-electron chi connectivity index (χ2n) is 6.67. The SMILES string of the molecule is CCCCCCCCCCOC(=O)CN(C)C1CCS(=O)(=O)C1. The van der Waals surface area contributed by atoms with Gasteiger partial charge in [-0.1, -0.05) is 51.9 Å². The van der Waals surface area contributed by atoms with Gasteiger partial charge in [0.25, 0.3) is 0 Å². The van der Waals surface area contributed by atoms with E-state index >= 15 is 0 Å². The quantitative estimate of drug-likeness (QED) is 0.401. The maximum absolute atomic E-state index is 11.8. The van der Waals surface area contributed by atoms with Gasteiger partial charge in [-0.3, -0.25) is 9.69 Å². The number of sulfone groups is 1. The van der Waals surface area contributed by atoms with Gasteiger partial charge in [-0.2, -0.15) is 0 Å². The number of rotatable bonds is 12. The number of ether oxygens (including phenoxy) is 1. The molecule has 136 valence electrons. The zero-order chi connectivity index (χ0) is 17.1. The van der Waals surface area contributed by atoms with Crippen molar-refractivity contribution in [2.24, 2.45) is 0 Å². The van der Waals surface area contributed by atoms with Crippen LogP contribution >= 0.6 is 0 Å². The molecule has 0 aromatic carbocycles. The highest BCUT2D eigenvalue weighted by atomic mass is 32.2. The Morgan fingerprint density at radius 1 is 1.09 bits per heavy atom. The lowest BCUT2D eigenvalue weighted by Gasteiger charge is -2.21. The first kappa shape index (κ1) is 20.4. The van der Waals surface area contributed by atoms with E-state index in [2.05, 4.69) is 6.92 Å². The molecule has 0 N–H and O–H groups in total. The Labute approximate surface area is 141 Å². The monoisotopic (exact) mass is 347 g/mol. The zero-order valence-electron chi connectivity index (χ0n) is 14.8. The van der Waals surface area contributed by atoms with E-state index in [1.54, 1.807) is 11.9 Å². The van der Waals surface area contributed by atoms with Crippen LogP contribution in [0.5, 0.6) is 0 Å². The fourth-order valence-corrected chi connectivity index (χ4v) is 4.73. The first-order valence-electron chi connectivity index (χ1n) is 9.01. The average molecular weight is 348 g/mol. The Balaban J connectivity index is 2.00. The second kappa shape index (κ2) is 11.0. The summed E-state index contributed by atoms with van der Waals surface area (Å²) in [6, 6.07) is -0.0457. The third-order valence-corrected chi connectivity index (χ3v) is 6.22. The molecule has 1 atom stereocenters. The normalized spacial score (nSPS) is 20.0. The van der Waals surface area contributed by atoms with Gasteiger partial charge in [-0.05, 0) is 19.9 Å². The number of likely N-dealkylation sites (N-methyl/N-ethyl adjacent to an activating group) is 1. The summed E-state index contributed by atoms with van der Waals surface area (Å²) in [5.41, 5.74) is 0. The summed E-state index contributed by atoms with van der Waals surface area (Å²) in [5.74, 6) is 0.143. The lowest BCUT2D eigenvalue weighted by molar-refractivity contribution is -0.145. The number of hydrogen-bond acceptors (Lipinski definition) is 5. The van der Waals surface area contributed by atoms with E-state index in [0.29, 0.717) is 13.0 Å². The molecule has 0 aromatic heterocycles. The van der Waals surface area contributed by atoms with Crippen molar-refractivity contribution in [3.8, 4) is 0 Å². The predicted molar refractivity (Wildman–Crippen MR) is 93.3 cm³/mol. The van der Waals surface area contributed by atoms with E-state index in [0.717, 1.165) is 12.8 Å². The number of carbonyl (C=O) groups is 1. The van der Waals surface area contributed by atoms with Crippen molar-refractivity contribution >= 4 is 15.8 Å². The highest BCUT2D eigenvalue weighted by Crippen LogP contribution is 2.16. The molecule has 0 amide bonds. The molecular weight excluding hydrogens is 314 g/mol. The Bertz CT molecular complexity index is 436. The number of carbonyl (C=O) groups excluding carboxylic acids is 1. The molecule has 1 unspecified atom stereocenters. The standard InChI is InChI=1S/C17H33NO4S/c1-3-4-5-6-7-8-9-10-12-22-17(19)14-18(2)16-11-13-23(20,21)15-16/h16H,3-15H2,1-2H3. The Morgan fingerprint density at radius 2 is 1.70 bits per heavy atom. The molecule has 1 saturated heterocycles. The molecule has 1 rings (SSSR count). The molecule has 1 aliphatic heterocycles. The molecule has 0 spiro atoms. The molecule has 1 aliphatic rings. The summed E-state index contributed by atoms with van der Waals surface area (Å²) in [7, 11) is -1.11. The first-order chi connectivity index (χ1) is 10.9. The van der Waals surface area contributed by atoms with Crippen LogP contribution < -0.4 is 0 Å². The fraction of sp³-hybridized carbons (Fsp3) is 0.941. The predicted octanol–water partition coefficient (Wildman–Crippen LogP) is 2.79. The summed E-state index contributed by atoms with van der Waals surface area (Å²) in [4.78, 5) is 13.6. The lowest BCUT2D eigenvalue weighted by atomic mass is 10.1. The van der Waals surface area contributed by atoms with Gasteiger partial charge in [-0.15, -0.1) is 0 Å². The van der Waals surface area contributed by atoms with Crippen molar-refractivity contribution in [1.29, 1.82) is 0 Å². The van der Waals surface area contributed by atoms with E-state index in [1.807, 2.05) is 0 Å². The number of hydrogen-bond donors (Lipinski definition) is 0. The van der Waals surface area contributed by atoms with Crippen LogP contribution in [0.2, 0.25) is 0 Å². The molecule has 1 fully saturated rings. The van der Waals surface area contributed by atoms with Crippen LogP contribution in [-0.4, -0.2) is 57.0 Å². The van der Waals surface area contributed by atoms with Crippen LogP contribution in [0.15, 0.2) is 0 Å². The fourth-order valence-electron chi connectivity index (χ4n) is 2.92. The van der Waals surface area contributed by atoms with Gasteiger partial charge in [0.1, 0.15) is 0 Å². The highest BCUT2D eigenvalue weighted by Gasteiger charge is 2.31. The summed E-state index contributed by atoms with van der Waals surface area (Å²) in [6.45, 7) is 2.87. The Morgan fingerprint density at radius 3 is 2.26 bits per heavy atom. The van der Waals surface area contributed by atoms with Gasteiger partial charge >= 0.3 is 5.97 Å². The maximum Gasteiger partial charge on any atom is 0.320 e. The smallest absolute Gasteiger partial charge is 0.320 e. The highest BCUT2D eigenvalue weighted by molar-refractivity contribution is 7.91. The van der Waals surface area contributed by atoms with Crippen molar-refractivity contribution in [3.05, 3.63) is 0 Å². The zero-order valence-corrected chi connectivity index (χ0v) is 15.6. The number of nitrogens with zero attached hydrogens (tertiary/aromatic N) is 1. The third-order valence-electron chi connectivity index (χ3n) is 4.47. The van der Waals surface area contributed by atoms with Crippen LogP contribution in [0.4, 0.5) is 0 Å². The van der Waals surface area contributed by atoms with Gasteiger partial charge < -0.3 is 4.74 Å². The molecule has 0 bridgehead atoms. The van der Waals surface area contributed by atoms with Crippen LogP contribution in [0.1, 0.15) is 64.7 Å². The second-order valence-corrected chi connectivity index (χ2v) is 8.90. The largest absolute Gasteiger partial charge is 0.465 e. The van der Waals surface area contributed by atoms with Gasteiger partial charge in [0.05, 0.1) is 24.7 Å². The summed E-state index contributed by atoms with van der Waals surface area (Å²) in [5, 5.41) is 0. The summed E-state index contributed by atoms with van der Waals surface area (Å²) < 4.78 is 28.1. The minimum absolute atomic E-state index is 0.0457. The molecule has 0 radical (unpaired) electrons. The van der Waals surface area contributed by atoms with Crippen molar-refractivity contribution < 1.29 is 17.9 Å². The van der Waals surface area contributed by atoms with Crippen molar-refractivity contribution in [1.82, 2.24) is 4.90 Å². The number of unbranched alkanes of at least 4 members (excludes halogenated alkanes) is 7. The minimum Gasteiger partial charge on any atom is -0.465 e. The van der Waals surface area contributed by atoms with E-state index in [1.165, 1.54) is 38.5 Å². The molecule has 0 aliphatic carbocycles. The van der Waals surface area contributed by atoms with Crippen molar-refractivity contribution in [2.45, 2.75) is 70.8 Å². The van der Waals surface area contributed by atoms with Crippen LogP contribution in [-0.2, 0) is 19.4 Å². The number of esters is 1. The summed E-state index contributed by atoms with van der Waals surface area (Å²) >= 11 is 0.